The standard InChI is InChI=1S/C20H15N3O3/c24-20(16-6-3-4-12-23(16)25)22-19(14-8-10-21-11-9-14)18-13-15-5-1-2-7-17(15)26-18/h1-13,19H,(H,22,24). The summed E-state index contributed by atoms with van der Waals surface area (Å²) in [5.41, 5.74) is 1.55. The Balaban J connectivity index is 1.74. The predicted octanol–water partition coefficient (Wildman–Crippen LogP) is 2.98. The van der Waals surface area contributed by atoms with Crippen LogP contribution in [0, 0.1) is 5.21 Å². The number of benzene rings is 1. The molecule has 0 bridgehead atoms. The van der Waals surface area contributed by atoms with Crippen LogP contribution in [0.1, 0.15) is 27.9 Å². The molecule has 1 aromatic carbocycles. The lowest BCUT2D eigenvalue weighted by molar-refractivity contribution is -0.607. The van der Waals surface area contributed by atoms with Crippen molar-refractivity contribution in [3.8, 4) is 0 Å². The number of para-hydroxylation sites is 1. The number of carbonyl (C=O) groups excluding carboxylic acids is 1. The largest absolute Gasteiger partial charge is 0.618 e. The predicted molar refractivity (Wildman–Crippen MR) is 95.2 cm³/mol. The number of furan rings is 1. The van der Waals surface area contributed by atoms with Gasteiger partial charge in [0.25, 0.3) is 5.69 Å². The van der Waals surface area contributed by atoms with Crippen LogP contribution in [-0.4, -0.2) is 10.9 Å². The number of amides is 1. The van der Waals surface area contributed by atoms with E-state index in [0.717, 1.165) is 16.5 Å². The van der Waals surface area contributed by atoms with Crippen molar-refractivity contribution in [2.45, 2.75) is 6.04 Å². The summed E-state index contributed by atoms with van der Waals surface area (Å²) in [5.74, 6) is 0.0991. The lowest BCUT2D eigenvalue weighted by Crippen LogP contribution is -2.40. The Bertz CT molecular complexity index is 1030. The summed E-state index contributed by atoms with van der Waals surface area (Å²) < 4.78 is 6.47. The van der Waals surface area contributed by atoms with Gasteiger partial charge in [-0.3, -0.25) is 9.78 Å². The molecule has 0 saturated carbocycles. The molecule has 0 spiro atoms. The number of rotatable bonds is 4. The molecule has 4 aromatic rings. The first-order valence-corrected chi connectivity index (χ1v) is 8.10. The first-order chi connectivity index (χ1) is 12.7. The number of hydrogen-bond donors (Lipinski definition) is 1. The lowest BCUT2D eigenvalue weighted by Gasteiger charge is -2.16. The number of nitrogens with zero attached hydrogens (tertiary/aromatic N) is 2. The fourth-order valence-corrected chi connectivity index (χ4v) is 2.83. The first-order valence-electron chi connectivity index (χ1n) is 8.10. The van der Waals surface area contributed by atoms with Crippen LogP contribution in [0.4, 0.5) is 0 Å². The molecule has 6 nitrogen and oxygen atoms in total. The molecule has 1 unspecified atom stereocenters. The zero-order valence-corrected chi connectivity index (χ0v) is 13.7. The number of hydrogen-bond acceptors (Lipinski definition) is 4. The van der Waals surface area contributed by atoms with E-state index in [2.05, 4.69) is 10.3 Å². The molecule has 26 heavy (non-hydrogen) atoms. The molecule has 3 heterocycles. The Kier molecular flexibility index (Phi) is 4.07. The second-order valence-electron chi connectivity index (χ2n) is 5.79. The summed E-state index contributed by atoms with van der Waals surface area (Å²) in [5, 5.41) is 15.7. The minimum absolute atomic E-state index is 0.0164. The van der Waals surface area contributed by atoms with Crippen molar-refractivity contribution in [1.29, 1.82) is 0 Å². The van der Waals surface area contributed by atoms with Gasteiger partial charge >= 0.3 is 5.91 Å². The number of fused-ring (bicyclic) bond motifs is 1. The van der Waals surface area contributed by atoms with E-state index in [-0.39, 0.29) is 5.69 Å². The minimum Gasteiger partial charge on any atom is -0.618 e. The van der Waals surface area contributed by atoms with Crippen molar-refractivity contribution in [3.05, 3.63) is 101 Å². The first kappa shape index (κ1) is 15.8. The molecule has 0 saturated heterocycles. The van der Waals surface area contributed by atoms with Crippen LogP contribution in [0.5, 0.6) is 0 Å². The lowest BCUT2D eigenvalue weighted by atomic mass is 10.1. The average Bonchev–Trinajstić information content (AvgIpc) is 3.11. The van der Waals surface area contributed by atoms with Crippen LogP contribution >= 0.6 is 0 Å². The third-order valence-electron chi connectivity index (χ3n) is 4.10. The molecule has 128 valence electrons. The molecular formula is C20H15N3O3. The maximum Gasteiger partial charge on any atom is 0.318 e. The molecule has 0 radical (unpaired) electrons. The number of aromatic nitrogens is 2. The zero-order chi connectivity index (χ0) is 17.9. The Hall–Kier alpha value is -3.67. The SMILES string of the molecule is O=C(NC(c1ccncc1)c1cc2ccccc2o1)c1cccc[n+]1[O-]. The third-order valence-corrected chi connectivity index (χ3v) is 4.10. The number of nitrogens with one attached hydrogen (secondary N) is 1. The van der Waals surface area contributed by atoms with Crippen molar-refractivity contribution in [2.75, 3.05) is 0 Å². The van der Waals surface area contributed by atoms with Gasteiger partial charge < -0.3 is 14.9 Å². The van der Waals surface area contributed by atoms with E-state index in [0.29, 0.717) is 10.5 Å². The topological polar surface area (TPSA) is 82.1 Å². The molecule has 1 N–H and O–H groups in total. The molecule has 1 amide bonds. The highest BCUT2D eigenvalue weighted by Gasteiger charge is 2.24. The Morgan fingerprint density at radius 1 is 1.08 bits per heavy atom. The van der Waals surface area contributed by atoms with Gasteiger partial charge in [0.2, 0.25) is 0 Å². The van der Waals surface area contributed by atoms with E-state index < -0.39 is 11.9 Å². The molecule has 0 aliphatic heterocycles. The second-order valence-corrected chi connectivity index (χ2v) is 5.79. The van der Waals surface area contributed by atoms with Gasteiger partial charge in [-0.15, -0.1) is 0 Å². The van der Waals surface area contributed by atoms with E-state index >= 15 is 0 Å². The monoisotopic (exact) mass is 345 g/mol. The van der Waals surface area contributed by atoms with Gasteiger partial charge in [0, 0.05) is 29.9 Å². The number of carbonyl (C=O) groups is 1. The van der Waals surface area contributed by atoms with Crippen LogP contribution in [-0.2, 0) is 0 Å². The maximum absolute atomic E-state index is 12.6. The molecule has 6 heteroatoms. The summed E-state index contributed by atoms with van der Waals surface area (Å²) >= 11 is 0. The Morgan fingerprint density at radius 2 is 1.85 bits per heavy atom. The maximum atomic E-state index is 12.6. The van der Waals surface area contributed by atoms with Gasteiger partial charge in [0.15, 0.2) is 6.20 Å². The normalized spacial score (nSPS) is 12.0. The minimum atomic E-state index is -0.543. The highest BCUT2D eigenvalue weighted by Crippen LogP contribution is 2.28. The van der Waals surface area contributed by atoms with E-state index in [1.165, 1.54) is 12.3 Å². The van der Waals surface area contributed by atoms with Crippen molar-refractivity contribution in [2.24, 2.45) is 0 Å². The van der Waals surface area contributed by atoms with Crippen LogP contribution in [0.2, 0.25) is 0 Å². The van der Waals surface area contributed by atoms with Gasteiger partial charge in [-0.1, -0.05) is 18.2 Å². The molecule has 3 aromatic heterocycles. The van der Waals surface area contributed by atoms with Gasteiger partial charge in [-0.05, 0) is 35.9 Å². The van der Waals surface area contributed by atoms with Crippen LogP contribution in [0.25, 0.3) is 11.0 Å². The van der Waals surface area contributed by atoms with Crippen LogP contribution in [0.15, 0.2) is 83.7 Å². The zero-order valence-electron chi connectivity index (χ0n) is 13.7. The molecule has 4 rings (SSSR count). The quantitative estimate of drug-likeness (QED) is 0.455. The van der Waals surface area contributed by atoms with Crippen molar-refractivity contribution < 1.29 is 13.9 Å². The highest BCUT2D eigenvalue weighted by atomic mass is 16.5. The van der Waals surface area contributed by atoms with E-state index in [1.54, 1.807) is 36.7 Å². The molecule has 0 fully saturated rings. The van der Waals surface area contributed by atoms with E-state index in [4.69, 9.17) is 4.42 Å². The summed E-state index contributed by atoms with van der Waals surface area (Å²) in [4.78, 5) is 16.7. The van der Waals surface area contributed by atoms with Gasteiger partial charge in [0.1, 0.15) is 17.4 Å². The summed E-state index contributed by atoms with van der Waals surface area (Å²) in [6, 6.07) is 17.3. The average molecular weight is 345 g/mol. The van der Waals surface area contributed by atoms with Crippen LogP contribution in [0.3, 0.4) is 0 Å². The fourth-order valence-electron chi connectivity index (χ4n) is 2.83. The Morgan fingerprint density at radius 3 is 2.62 bits per heavy atom. The fraction of sp³-hybridized carbons (Fsp3) is 0.0500. The third kappa shape index (κ3) is 3.00. The summed E-state index contributed by atoms with van der Waals surface area (Å²) in [7, 11) is 0. The Labute approximate surface area is 149 Å². The van der Waals surface area contributed by atoms with Crippen molar-refractivity contribution in [3.63, 3.8) is 0 Å². The number of pyridine rings is 2. The highest BCUT2D eigenvalue weighted by molar-refractivity contribution is 5.91. The molecule has 0 aliphatic carbocycles. The van der Waals surface area contributed by atoms with Gasteiger partial charge in [-0.2, -0.15) is 4.73 Å². The smallest absolute Gasteiger partial charge is 0.318 e. The van der Waals surface area contributed by atoms with Crippen molar-refractivity contribution in [1.82, 2.24) is 10.3 Å². The summed E-state index contributed by atoms with van der Waals surface area (Å²) in [6.45, 7) is 0. The van der Waals surface area contributed by atoms with Gasteiger partial charge in [-0.25, -0.2) is 0 Å². The molecule has 0 aliphatic rings. The van der Waals surface area contributed by atoms with Crippen LogP contribution < -0.4 is 10.0 Å². The molecule has 1 atom stereocenters. The van der Waals surface area contributed by atoms with Gasteiger partial charge in [0.05, 0.1) is 0 Å². The van der Waals surface area contributed by atoms with Crippen molar-refractivity contribution >= 4 is 16.9 Å². The van der Waals surface area contributed by atoms with E-state index in [1.807, 2.05) is 30.3 Å². The van der Waals surface area contributed by atoms with E-state index in [9.17, 15) is 10.0 Å². The molecular weight excluding hydrogens is 330 g/mol. The second kappa shape index (κ2) is 6.68. The summed E-state index contributed by atoms with van der Waals surface area (Å²) in [6.07, 6.45) is 4.58.